The Hall–Kier alpha value is -0.0800. The summed E-state index contributed by atoms with van der Waals surface area (Å²) >= 11 is 0. The monoisotopic (exact) mass is 200 g/mol. The van der Waals surface area contributed by atoms with E-state index in [9.17, 15) is 0 Å². The number of nitrogens with two attached hydrogens (primary N) is 1. The van der Waals surface area contributed by atoms with E-state index in [1.807, 2.05) is 0 Å². The van der Waals surface area contributed by atoms with Crippen molar-refractivity contribution < 1.29 is 0 Å². The van der Waals surface area contributed by atoms with Gasteiger partial charge in [-0.25, -0.2) is 0 Å². The van der Waals surface area contributed by atoms with Crippen molar-refractivity contribution >= 4 is 0 Å². The standard InChI is InChI=1S/C12H28N2/c1-6-10(3)9-14(5)12(8-13)11(4)7-2/h10-12H,6-9,13H2,1-5H3. The van der Waals surface area contributed by atoms with Crippen LogP contribution in [-0.2, 0) is 0 Å². The first-order valence-corrected chi connectivity index (χ1v) is 5.97. The van der Waals surface area contributed by atoms with Crippen LogP contribution in [0.15, 0.2) is 0 Å². The molecule has 3 unspecified atom stereocenters. The molecule has 14 heavy (non-hydrogen) atoms. The highest BCUT2D eigenvalue weighted by atomic mass is 15.1. The molecule has 0 radical (unpaired) electrons. The van der Waals surface area contributed by atoms with E-state index in [4.69, 9.17) is 5.73 Å². The second-order valence-electron chi connectivity index (χ2n) is 4.64. The fourth-order valence-electron chi connectivity index (χ4n) is 1.87. The lowest BCUT2D eigenvalue weighted by Gasteiger charge is -2.33. The number of likely N-dealkylation sites (N-methyl/N-ethyl adjacent to an activating group) is 1. The van der Waals surface area contributed by atoms with Crippen molar-refractivity contribution in [2.24, 2.45) is 17.6 Å². The first kappa shape index (κ1) is 13.9. The first-order chi connectivity index (χ1) is 6.56. The van der Waals surface area contributed by atoms with Crippen molar-refractivity contribution in [1.82, 2.24) is 4.90 Å². The average Bonchev–Trinajstić information content (AvgIpc) is 2.18. The number of nitrogens with zero attached hydrogens (tertiary/aromatic N) is 1. The van der Waals surface area contributed by atoms with Gasteiger partial charge >= 0.3 is 0 Å². The smallest absolute Gasteiger partial charge is 0.0240 e. The zero-order valence-electron chi connectivity index (χ0n) is 10.6. The maximum atomic E-state index is 5.83. The van der Waals surface area contributed by atoms with Gasteiger partial charge < -0.3 is 10.6 Å². The Morgan fingerprint density at radius 3 is 2.07 bits per heavy atom. The largest absolute Gasteiger partial charge is 0.329 e. The summed E-state index contributed by atoms with van der Waals surface area (Å²) in [5.41, 5.74) is 5.83. The molecule has 0 aliphatic heterocycles. The van der Waals surface area contributed by atoms with Gasteiger partial charge in [0.1, 0.15) is 0 Å². The second-order valence-corrected chi connectivity index (χ2v) is 4.64. The summed E-state index contributed by atoms with van der Waals surface area (Å²) in [6.45, 7) is 11.0. The normalized spacial score (nSPS) is 18.2. The molecular weight excluding hydrogens is 172 g/mol. The lowest BCUT2D eigenvalue weighted by Crippen LogP contribution is -2.44. The highest BCUT2D eigenvalue weighted by Crippen LogP contribution is 2.14. The Morgan fingerprint density at radius 2 is 1.71 bits per heavy atom. The van der Waals surface area contributed by atoms with Crippen LogP contribution in [0.5, 0.6) is 0 Å². The Morgan fingerprint density at radius 1 is 1.14 bits per heavy atom. The second kappa shape index (κ2) is 7.24. The van der Waals surface area contributed by atoms with E-state index in [0.717, 1.165) is 12.5 Å². The lowest BCUT2D eigenvalue weighted by atomic mass is 9.97. The predicted octanol–water partition coefficient (Wildman–Crippen LogP) is 2.34. The fraction of sp³-hybridized carbons (Fsp3) is 1.00. The third kappa shape index (κ3) is 4.43. The molecule has 0 fully saturated rings. The quantitative estimate of drug-likeness (QED) is 0.683. The number of rotatable bonds is 7. The molecule has 0 aliphatic carbocycles. The SMILES string of the molecule is CCC(C)CN(C)C(CN)C(C)CC. The van der Waals surface area contributed by atoms with E-state index >= 15 is 0 Å². The molecule has 0 aromatic rings. The van der Waals surface area contributed by atoms with Crippen LogP contribution in [0.3, 0.4) is 0 Å². The Kier molecular flexibility index (Phi) is 7.20. The van der Waals surface area contributed by atoms with Crippen LogP contribution in [0.4, 0.5) is 0 Å². The summed E-state index contributed by atoms with van der Waals surface area (Å²) in [6.07, 6.45) is 2.47. The van der Waals surface area contributed by atoms with E-state index in [1.165, 1.54) is 19.4 Å². The lowest BCUT2D eigenvalue weighted by molar-refractivity contribution is 0.163. The molecule has 0 aliphatic rings. The molecule has 0 rings (SSSR count). The molecule has 0 heterocycles. The molecule has 0 amide bonds. The molecule has 3 atom stereocenters. The third-order valence-electron chi connectivity index (χ3n) is 3.41. The van der Waals surface area contributed by atoms with Crippen molar-refractivity contribution in [2.45, 2.75) is 46.6 Å². The summed E-state index contributed by atoms with van der Waals surface area (Å²) in [7, 11) is 2.20. The van der Waals surface area contributed by atoms with Crippen LogP contribution in [0, 0.1) is 11.8 Å². The van der Waals surface area contributed by atoms with Gasteiger partial charge in [0.15, 0.2) is 0 Å². The highest BCUT2D eigenvalue weighted by molar-refractivity contribution is 4.75. The van der Waals surface area contributed by atoms with Gasteiger partial charge in [0.25, 0.3) is 0 Å². The molecule has 2 N–H and O–H groups in total. The molecular formula is C12H28N2. The topological polar surface area (TPSA) is 29.3 Å². The van der Waals surface area contributed by atoms with Crippen LogP contribution in [0.2, 0.25) is 0 Å². The minimum Gasteiger partial charge on any atom is -0.329 e. The average molecular weight is 200 g/mol. The maximum Gasteiger partial charge on any atom is 0.0240 e. The molecule has 0 bridgehead atoms. The summed E-state index contributed by atoms with van der Waals surface area (Å²) in [5, 5.41) is 0. The summed E-state index contributed by atoms with van der Waals surface area (Å²) < 4.78 is 0. The molecule has 0 spiro atoms. The summed E-state index contributed by atoms with van der Waals surface area (Å²) in [4.78, 5) is 2.43. The van der Waals surface area contributed by atoms with Crippen LogP contribution in [0.25, 0.3) is 0 Å². The maximum absolute atomic E-state index is 5.83. The van der Waals surface area contributed by atoms with E-state index < -0.39 is 0 Å². The molecule has 0 saturated heterocycles. The van der Waals surface area contributed by atoms with Gasteiger partial charge in [0, 0.05) is 19.1 Å². The van der Waals surface area contributed by atoms with Crippen molar-refractivity contribution in [3.05, 3.63) is 0 Å². The Balaban J connectivity index is 4.09. The van der Waals surface area contributed by atoms with Gasteiger partial charge in [-0.3, -0.25) is 0 Å². The summed E-state index contributed by atoms with van der Waals surface area (Å²) in [6, 6.07) is 0.550. The predicted molar refractivity (Wildman–Crippen MR) is 64.4 cm³/mol. The first-order valence-electron chi connectivity index (χ1n) is 5.97. The number of hydrogen-bond acceptors (Lipinski definition) is 2. The van der Waals surface area contributed by atoms with Crippen molar-refractivity contribution in [3.63, 3.8) is 0 Å². The van der Waals surface area contributed by atoms with Gasteiger partial charge in [0.05, 0.1) is 0 Å². The van der Waals surface area contributed by atoms with E-state index in [1.54, 1.807) is 0 Å². The van der Waals surface area contributed by atoms with Gasteiger partial charge in [-0.05, 0) is 18.9 Å². The molecule has 0 aromatic carbocycles. The fourth-order valence-corrected chi connectivity index (χ4v) is 1.87. The molecule has 2 nitrogen and oxygen atoms in total. The molecule has 86 valence electrons. The van der Waals surface area contributed by atoms with Gasteiger partial charge in [-0.15, -0.1) is 0 Å². The van der Waals surface area contributed by atoms with E-state index in [2.05, 4.69) is 39.6 Å². The van der Waals surface area contributed by atoms with Crippen LogP contribution in [0.1, 0.15) is 40.5 Å². The van der Waals surface area contributed by atoms with Crippen molar-refractivity contribution in [2.75, 3.05) is 20.1 Å². The Bertz CT molecular complexity index is 136. The zero-order chi connectivity index (χ0) is 11.1. The van der Waals surface area contributed by atoms with Crippen molar-refractivity contribution in [1.29, 1.82) is 0 Å². The van der Waals surface area contributed by atoms with Crippen LogP contribution >= 0.6 is 0 Å². The summed E-state index contributed by atoms with van der Waals surface area (Å²) in [5.74, 6) is 1.48. The van der Waals surface area contributed by atoms with Gasteiger partial charge in [-0.2, -0.15) is 0 Å². The van der Waals surface area contributed by atoms with Crippen LogP contribution < -0.4 is 5.73 Å². The number of hydrogen-bond donors (Lipinski definition) is 1. The molecule has 0 saturated carbocycles. The van der Waals surface area contributed by atoms with Gasteiger partial charge in [0.2, 0.25) is 0 Å². The van der Waals surface area contributed by atoms with Crippen molar-refractivity contribution in [3.8, 4) is 0 Å². The van der Waals surface area contributed by atoms with E-state index in [-0.39, 0.29) is 0 Å². The highest BCUT2D eigenvalue weighted by Gasteiger charge is 2.19. The third-order valence-corrected chi connectivity index (χ3v) is 3.41. The molecule has 0 aromatic heterocycles. The minimum absolute atomic E-state index is 0.550. The van der Waals surface area contributed by atoms with Gasteiger partial charge in [-0.1, -0.05) is 40.5 Å². The van der Waals surface area contributed by atoms with E-state index in [0.29, 0.717) is 12.0 Å². The zero-order valence-corrected chi connectivity index (χ0v) is 10.6. The Labute approximate surface area is 89.9 Å². The van der Waals surface area contributed by atoms with Crippen LogP contribution in [-0.4, -0.2) is 31.1 Å². The molecule has 2 heteroatoms. The minimum atomic E-state index is 0.550.